The molecule has 0 spiro atoms. The number of aryl methyl sites for hydroxylation is 1. The highest BCUT2D eigenvalue weighted by Gasteiger charge is 2.29. The van der Waals surface area contributed by atoms with Crippen LogP contribution in [0.1, 0.15) is 30.5 Å². The lowest BCUT2D eigenvalue weighted by Gasteiger charge is -2.16. The molecule has 4 heteroatoms. The van der Waals surface area contributed by atoms with Gasteiger partial charge >= 0.3 is 0 Å². The zero-order chi connectivity index (χ0) is 15.0. The van der Waals surface area contributed by atoms with Crippen LogP contribution in [0.3, 0.4) is 0 Å². The van der Waals surface area contributed by atoms with Crippen LogP contribution in [-0.2, 0) is 13.0 Å². The molecule has 1 N–H and O–H groups in total. The number of hydrogen-bond acceptors (Lipinski definition) is 3. The maximum absolute atomic E-state index is 6.13. The van der Waals surface area contributed by atoms with Gasteiger partial charge in [0.15, 0.2) is 5.15 Å². The van der Waals surface area contributed by atoms with Crippen molar-refractivity contribution in [3.63, 3.8) is 0 Å². The summed E-state index contributed by atoms with van der Waals surface area (Å²) in [6.45, 7) is 6.97. The lowest BCUT2D eigenvalue weighted by molar-refractivity contribution is 0.138. The Bertz CT molecular complexity index is 662. The highest BCUT2D eigenvalue weighted by atomic mass is 35.5. The average Bonchev–Trinajstić information content (AvgIpc) is 2.71. The molecule has 1 aromatic heterocycles. The van der Waals surface area contributed by atoms with Gasteiger partial charge in [-0.25, -0.2) is 4.98 Å². The minimum atomic E-state index is -0.0996. The maximum atomic E-state index is 6.13. The fourth-order valence-corrected chi connectivity index (χ4v) is 2.97. The SMILES string of the molecule is Cc1ccnc(Cl)c1NCc1ccc2c(c1)CC(C)(C)O2. The average molecular weight is 303 g/mol. The molecule has 0 saturated heterocycles. The number of benzene rings is 1. The van der Waals surface area contributed by atoms with Crippen molar-refractivity contribution in [2.24, 2.45) is 0 Å². The van der Waals surface area contributed by atoms with E-state index in [1.165, 1.54) is 11.1 Å². The van der Waals surface area contributed by atoms with E-state index < -0.39 is 0 Å². The third kappa shape index (κ3) is 2.98. The summed E-state index contributed by atoms with van der Waals surface area (Å²) in [4.78, 5) is 4.11. The van der Waals surface area contributed by atoms with Crippen molar-refractivity contribution in [3.05, 3.63) is 52.3 Å². The van der Waals surface area contributed by atoms with Crippen LogP contribution in [-0.4, -0.2) is 10.6 Å². The van der Waals surface area contributed by atoms with Gasteiger partial charge in [0.1, 0.15) is 11.4 Å². The van der Waals surface area contributed by atoms with Crippen molar-refractivity contribution in [1.29, 1.82) is 0 Å². The number of hydrogen-bond donors (Lipinski definition) is 1. The van der Waals surface area contributed by atoms with Gasteiger partial charge in [-0.15, -0.1) is 0 Å². The molecule has 1 aliphatic heterocycles. The van der Waals surface area contributed by atoms with E-state index in [4.69, 9.17) is 16.3 Å². The molecule has 0 radical (unpaired) electrons. The van der Waals surface area contributed by atoms with Crippen LogP contribution in [0, 0.1) is 6.92 Å². The van der Waals surface area contributed by atoms with E-state index in [1.807, 2.05) is 13.0 Å². The molecule has 0 amide bonds. The predicted molar refractivity (Wildman–Crippen MR) is 86.2 cm³/mol. The molecule has 0 atom stereocenters. The smallest absolute Gasteiger partial charge is 0.152 e. The number of ether oxygens (including phenoxy) is 1. The summed E-state index contributed by atoms with van der Waals surface area (Å²) in [6, 6.07) is 8.30. The van der Waals surface area contributed by atoms with Gasteiger partial charge in [-0.3, -0.25) is 0 Å². The van der Waals surface area contributed by atoms with Crippen LogP contribution >= 0.6 is 11.6 Å². The van der Waals surface area contributed by atoms with E-state index in [2.05, 4.69) is 42.3 Å². The van der Waals surface area contributed by atoms with Gasteiger partial charge in [0, 0.05) is 19.2 Å². The summed E-state index contributed by atoms with van der Waals surface area (Å²) in [6.07, 6.45) is 2.67. The van der Waals surface area contributed by atoms with Gasteiger partial charge in [-0.2, -0.15) is 0 Å². The van der Waals surface area contributed by atoms with Crippen LogP contribution in [0.15, 0.2) is 30.5 Å². The second-order valence-electron chi connectivity index (χ2n) is 6.13. The van der Waals surface area contributed by atoms with Gasteiger partial charge in [0.25, 0.3) is 0 Å². The van der Waals surface area contributed by atoms with Crippen molar-refractivity contribution in [2.45, 2.75) is 39.3 Å². The number of rotatable bonds is 3. The Morgan fingerprint density at radius 2 is 2.14 bits per heavy atom. The summed E-state index contributed by atoms with van der Waals surface area (Å²) in [5.41, 5.74) is 4.39. The Morgan fingerprint density at radius 3 is 2.90 bits per heavy atom. The topological polar surface area (TPSA) is 34.2 Å². The Labute approximate surface area is 130 Å². The molecule has 3 rings (SSSR count). The number of pyridine rings is 1. The number of anilines is 1. The molecule has 0 unspecified atom stereocenters. The Kier molecular flexibility index (Phi) is 3.54. The Hall–Kier alpha value is -1.74. The number of fused-ring (bicyclic) bond motifs is 1. The molecule has 3 nitrogen and oxygen atoms in total. The van der Waals surface area contributed by atoms with E-state index in [0.29, 0.717) is 5.15 Å². The van der Waals surface area contributed by atoms with Crippen molar-refractivity contribution in [1.82, 2.24) is 4.98 Å². The molecule has 0 fully saturated rings. The second-order valence-corrected chi connectivity index (χ2v) is 6.49. The second kappa shape index (κ2) is 5.23. The summed E-state index contributed by atoms with van der Waals surface area (Å²) in [5, 5.41) is 3.89. The van der Waals surface area contributed by atoms with Crippen molar-refractivity contribution in [2.75, 3.05) is 5.32 Å². The number of nitrogens with one attached hydrogen (secondary N) is 1. The molecule has 2 heterocycles. The first-order valence-electron chi connectivity index (χ1n) is 7.10. The molecule has 1 aliphatic rings. The predicted octanol–water partition coefficient (Wildman–Crippen LogP) is 4.37. The van der Waals surface area contributed by atoms with Crippen molar-refractivity contribution in [3.8, 4) is 5.75 Å². The third-order valence-electron chi connectivity index (χ3n) is 3.71. The lowest BCUT2D eigenvalue weighted by Crippen LogP contribution is -2.24. The first kappa shape index (κ1) is 14.2. The van der Waals surface area contributed by atoms with E-state index in [-0.39, 0.29) is 5.60 Å². The molecule has 0 aliphatic carbocycles. The minimum absolute atomic E-state index is 0.0996. The Morgan fingerprint density at radius 1 is 1.33 bits per heavy atom. The first-order valence-corrected chi connectivity index (χ1v) is 7.48. The van der Waals surface area contributed by atoms with E-state index in [9.17, 15) is 0 Å². The molecule has 1 aromatic carbocycles. The van der Waals surface area contributed by atoms with Gasteiger partial charge in [0.05, 0.1) is 5.69 Å². The molecule has 0 bridgehead atoms. The fourth-order valence-electron chi connectivity index (χ4n) is 2.70. The van der Waals surface area contributed by atoms with E-state index in [0.717, 1.165) is 30.0 Å². The fraction of sp³-hybridized carbons (Fsp3) is 0.353. The van der Waals surface area contributed by atoms with Crippen LogP contribution in [0.5, 0.6) is 5.75 Å². The maximum Gasteiger partial charge on any atom is 0.152 e. The number of nitrogens with zero attached hydrogens (tertiary/aromatic N) is 1. The van der Waals surface area contributed by atoms with E-state index in [1.54, 1.807) is 6.20 Å². The monoisotopic (exact) mass is 302 g/mol. The lowest BCUT2D eigenvalue weighted by atomic mass is 10.0. The minimum Gasteiger partial charge on any atom is -0.487 e. The van der Waals surface area contributed by atoms with Crippen molar-refractivity contribution < 1.29 is 4.74 Å². The number of halogens is 1. The highest BCUT2D eigenvalue weighted by Crippen LogP contribution is 2.35. The molecule has 2 aromatic rings. The molecule has 21 heavy (non-hydrogen) atoms. The third-order valence-corrected chi connectivity index (χ3v) is 4.00. The number of aromatic nitrogens is 1. The summed E-state index contributed by atoms with van der Waals surface area (Å²) < 4.78 is 5.90. The van der Waals surface area contributed by atoms with Crippen LogP contribution < -0.4 is 10.1 Å². The van der Waals surface area contributed by atoms with Crippen LogP contribution in [0.2, 0.25) is 5.15 Å². The van der Waals surface area contributed by atoms with Gasteiger partial charge in [-0.05, 0) is 49.6 Å². The summed E-state index contributed by atoms with van der Waals surface area (Å²) in [5.74, 6) is 0.999. The largest absolute Gasteiger partial charge is 0.487 e. The molecular weight excluding hydrogens is 284 g/mol. The molecular formula is C17H19ClN2O. The van der Waals surface area contributed by atoms with Crippen LogP contribution in [0.25, 0.3) is 0 Å². The molecule has 0 saturated carbocycles. The van der Waals surface area contributed by atoms with Gasteiger partial charge in [0.2, 0.25) is 0 Å². The van der Waals surface area contributed by atoms with Gasteiger partial charge in [-0.1, -0.05) is 23.7 Å². The zero-order valence-corrected chi connectivity index (χ0v) is 13.3. The summed E-state index contributed by atoms with van der Waals surface area (Å²) in [7, 11) is 0. The Balaban J connectivity index is 1.76. The summed E-state index contributed by atoms with van der Waals surface area (Å²) >= 11 is 6.13. The quantitative estimate of drug-likeness (QED) is 0.855. The molecule has 110 valence electrons. The van der Waals surface area contributed by atoms with E-state index >= 15 is 0 Å². The van der Waals surface area contributed by atoms with Crippen molar-refractivity contribution >= 4 is 17.3 Å². The highest BCUT2D eigenvalue weighted by molar-refractivity contribution is 6.32. The standard InChI is InChI=1S/C17H19ClN2O/c1-11-6-7-19-16(18)15(11)20-10-12-4-5-14-13(8-12)9-17(2,3)21-14/h4-8,20H,9-10H2,1-3H3. The van der Waals surface area contributed by atoms with Gasteiger partial charge < -0.3 is 10.1 Å². The zero-order valence-electron chi connectivity index (χ0n) is 12.5. The normalized spacial score (nSPS) is 15.4. The van der Waals surface area contributed by atoms with Crippen LogP contribution in [0.4, 0.5) is 5.69 Å². The first-order chi connectivity index (χ1) is 9.94.